The summed E-state index contributed by atoms with van der Waals surface area (Å²) in [6.07, 6.45) is 5.26. The lowest BCUT2D eigenvalue weighted by molar-refractivity contribution is -0.128. The summed E-state index contributed by atoms with van der Waals surface area (Å²) >= 11 is 0. The number of nitrogens with one attached hydrogen (secondary N) is 1. The van der Waals surface area contributed by atoms with Gasteiger partial charge in [-0.25, -0.2) is 4.98 Å². The average molecular weight is 418 g/mol. The second kappa shape index (κ2) is 9.68. The van der Waals surface area contributed by atoms with E-state index < -0.39 is 0 Å². The third-order valence-corrected chi connectivity index (χ3v) is 5.35. The highest BCUT2D eigenvalue weighted by atomic mass is 16.5. The molecule has 4 rings (SSSR count). The van der Waals surface area contributed by atoms with Crippen molar-refractivity contribution in [2.75, 3.05) is 32.8 Å². The standard InChI is InChI=1S/C19H24N4O4.CH2O2/c1-14-8-16(24)9-17(27-14)18(25)23-6-7-26-19(12-23)2-4-22(5-3-19)11-15-10-20-13-21-15;2-1-3/h8-10,13H,2-7,11-12H2,1H3,(H,20,21);1H,(H,2,3). The van der Waals surface area contributed by atoms with Crippen LogP contribution < -0.4 is 5.43 Å². The third kappa shape index (κ3) is 5.33. The van der Waals surface area contributed by atoms with Crippen LogP contribution in [0.3, 0.4) is 0 Å². The van der Waals surface area contributed by atoms with Gasteiger partial charge in [-0.15, -0.1) is 0 Å². The fraction of sp³-hybridized carbons (Fsp3) is 0.500. The summed E-state index contributed by atoms with van der Waals surface area (Å²) in [5.74, 6) is 0.313. The molecule has 2 aromatic rings. The smallest absolute Gasteiger partial charge is 0.290 e. The predicted molar refractivity (Wildman–Crippen MR) is 106 cm³/mol. The summed E-state index contributed by atoms with van der Waals surface area (Å²) in [5, 5.41) is 6.89. The number of carbonyl (C=O) groups is 2. The van der Waals surface area contributed by atoms with E-state index in [1.54, 1.807) is 18.2 Å². The van der Waals surface area contributed by atoms with Gasteiger partial charge in [0.1, 0.15) is 5.76 Å². The van der Waals surface area contributed by atoms with Gasteiger partial charge in [-0.2, -0.15) is 0 Å². The molecule has 0 aromatic carbocycles. The highest BCUT2D eigenvalue weighted by Gasteiger charge is 2.41. The predicted octanol–water partition coefficient (Wildman–Crippen LogP) is 0.879. The number of aromatic amines is 1. The van der Waals surface area contributed by atoms with Crippen LogP contribution in [0, 0.1) is 6.92 Å². The maximum absolute atomic E-state index is 12.8. The van der Waals surface area contributed by atoms with Gasteiger partial charge in [0.2, 0.25) is 0 Å². The number of imidazole rings is 1. The molecule has 162 valence electrons. The number of likely N-dealkylation sites (tertiary alicyclic amines) is 1. The van der Waals surface area contributed by atoms with E-state index in [4.69, 9.17) is 19.1 Å². The first kappa shape index (κ1) is 21.7. The van der Waals surface area contributed by atoms with Gasteiger partial charge >= 0.3 is 0 Å². The monoisotopic (exact) mass is 418 g/mol. The Morgan fingerprint density at radius 1 is 1.33 bits per heavy atom. The van der Waals surface area contributed by atoms with Crippen molar-refractivity contribution in [2.45, 2.75) is 31.9 Å². The maximum atomic E-state index is 12.8. The highest BCUT2D eigenvalue weighted by molar-refractivity contribution is 5.91. The molecule has 0 bridgehead atoms. The molecule has 2 saturated heterocycles. The number of hydrogen-bond acceptors (Lipinski definition) is 7. The number of carboxylic acid groups (broad SMARTS) is 1. The van der Waals surface area contributed by atoms with Crippen molar-refractivity contribution in [2.24, 2.45) is 0 Å². The topological polar surface area (TPSA) is 129 Å². The van der Waals surface area contributed by atoms with E-state index in [0.29, 0.717) is 25.5 Å². The number of rotatable bonds is 3. The van der Waals surface area contributed by atoms with E-state index in [1.807, 2.05) is 6.20 Å². The number of aromatic nitrogens is 2. The molecule has 2 aliphatic rings. The quantitative estimate of drug-likeness (QED) is 0.703. The van der Waals surface area contributed by atoms with Gasteiger partial charge in [-0.3, -0.25) is 19.3 Å². The van der Waals surface area contributed by atoms with Crippen LogP contribution in [0.2, 0.25) is 0 Å². The summed E-state index contributed by atoms with van der Waals surface area (Å²) in [4.78, 5) is 44.2. The van der Waals surface area contributed by atoms with E-state index in [1.165, 1.54) is 12.1 Å². The molecule has 0 saturated carbocycles. The Balaban J connectivity index is 0.000000806. The van der Waals surface area contributed by atoms with Gasteiger partial charge in [0, 0.05) is 50.2 Å². The van der Waals surface area contributed by atoms with Crippen molar-refractivity contribution in [1.82, 2.24) is 19.8 Å². The molecular weight excluding hydrogens is 392 g/mol. The molecule has 10 nitrogen and oxygen atoms in total. The summed E-state index contributed by atoms with van der Waals surface area (Å²) in [6.45, 7) is 5.61. The van der Waals surface area contributed by atoms with Gasteiger partial charge in [0.15, 0.2) is 11.2 Å². The Bertz CT molecular complexity index is 902. The molecule has 1 amide bonds. The Hall–Kier alpha value is -2.98. The number of hydrogen-bond donors (Lipinski definition) is 2. The summed E-state index contributed by atoms with van der Waals surface area (Å²) in [5.41, 5.74) is 0.571. The third-order valence-electron chi connectivity index (χ3n) is 5.35. The molecule has 0 atom stereocenters. The number of carbonyl (C=O) groups excluding carboxylic acids is 1. The molecule has 4 heterocycles. The molecule has 0 radical (unpaired) electrons. The Labute approximate surface area is 173 Å². The fourth-order valence-corrected chi connectivity index (χ4v) is 3.92. The molecular formula is C20H26N4O6. The van der Waals surface area contributed by atoms with Crippen molar-refractivity contribution >= 4 is 12.4 Å². The van der Waals surface area contributed by atoms with Crippen LogP contribution >= 0.6 is 0 Å². The zero-order valence-corrected chi connectivity index (χ0v) is 16.9. The minimum Gasteiger partial charge on any atom is -0.483 e. The molecule has 2 aromatic heterocycles. The van der Waals surface area contributed by atoms with Gasteiger partial charge in [0.25, 0.3) is 12.4 Å². The van der Waals surface area contributed by atoms with Crippen LogP contribution in [0.4, 0.5) is 0 Å². The van der Waals surface area contributed by atoms with E-state index in [2.05, 4.69) is 14.9 Å². The lowest BCUT2D eigenvalue weighted by Gasteiger charge is -2.47. The van der Waals surface area contributed by atoms with Crippen LogP contribution in [0.25, 0.3) is 0 Å². The maximum Gasteiger partial charge on any atom is 0.290 e. The second-order valence-electron chi connectivity index (χ2n) is 7.48. The largest absolute Gasteiger partial charge is 0.483 e. The van der Waals surface area contributed by atoms with Crippen LogP contribution in [0.1, 0.15) is 34.9 Å². The lowest BCUT2D eigenvalue weighted by Crippen LogP contribution is -2.58. The highest BCUT2D eigenvalue weighted by Crippen LogP contribution is 2.31. The Kier molecular flexibility index (Phi) is 7.01. The lowest BCUT2D eigenvalue weighted by atomic mass is 9.89. The van der Waals surface area contributed by atoms with Crippen molar-refractivity contribution in [3.63, 3.8) is 0 Å². The zero-order chi connectivity index (χ0) is 21.6. The van der Waals surface area contributed by atoms with Gasteiger partial charge in [0.05, 0.1) is 25.1 Å². The minimum absolute atomic E-state index is 0.105. The second-order valence-corrected chi connectivity index (χ2v) is 7.48. The summed E-state index contributed by atoms with van der Waals surface area (Å²) in [6, 6.07) is 2.65. The molecule has 1 spiro atoms. The van der Waals surface area contributed by atoms with Crippen molar-refractivity contribution in [3.05, 3.63) is 52.1 Å². The number of aryl methyl sites for hydroxylation is 1. The molecule has 2 aliphatic heterocycles. The van der Waals surface area contributed by atoms with Crippen LogP contribution in [-0.4, -0.2) is 75.6 Å². The number of piperidine rings is 1. The van der Waals surface area contributed by atoms with Crippen molar-refractivity contribution in [1.29, 1.82) is 0 Å². The van der Waals surface area contributed by atoms with Crippen LogP contribution in [0.15, 0.2) is 33.9 Å². The first-order valence-electron chi connectivity index (χ1n) is 9.77. The van der Waals surface area contributed by atoms with Crippen LogP contribution in [0.5, 0.6) is 0 Å². The minimum atomic E-state index is -0.317. The molecule has 0 aliphatic carbocycles. The summed E-state index contributed by atoms with van der Waals surface area (Å²) < 4.78 is 11.6. The number of amides is 1. The molecule has 2 fully saturated rings. The van der Waals surface area contributed by atoms with Gasteiger partial charge < -0.3 is 24.1 Å². The SMILES string of the molecule is Cc1cc(=O)cc(C(=O)N2CCOC3(CCN(Cc4cnc[nH]4)CC3)C2)o1.O=CO. The Morgan fingerprint density at radius 3 is 2.70 bits per heavy atom. The van der Waals surface area contributed by atoms with Gasteiger partial charge in [-0.1, -0.05) is 0 Å². The molecule has 2 N–H and O–H groups in total. The summed E-state index contributed by atoms with van der Waals surface area (Å²) in [7, 11) is 0. The average Bonchev–Trinajstić information content (AvgIpc) is 3.22. The Morgan fingerprint density at radius 2 is 2.07 bits per heavy atom. The molecule has 0 unspecified atom stereocenters. The first-order valence-corrected chi connectivity index (χ1v) is 9.77. The van der Waals surface area contributed by atoms with Gasteiger partial charge in [-0.05, 0) is 19.8 Å². The molecule has 30 heavy (non-hydrogen) atoms. The normalized spacial score (nSPS) is 18.5. The van der Waals surface area contributed by atoms with Crippen molar-refractivity contribution < 1.29 is 23.8 Å². The molecule has 10 heteroatoms. The number of ether oxygens (including phenoxy) is 1. The van der Waals surface area contributed by atoms with E-state index in [9.17, 15) is 9.59 Å². The fourth-order valence-electron chi connectivity index (χ4n) is 3.92. The zero-order valence-electron chi connectivity index (χ0n) is 16.9. The number of morpholine rings is 1. The van der Waals surface area contributed by atoms with Crippen molar-refractivity contribution in [3.8, 4) is 0 Å². The van der Waals surface area contributed by atoms with E-state index in [0.717, 1.165) is 38.2 Å². The number of nitrogens with zero attached hydrogens (tertiary/aromatic N) is 3. The number of H-pyrrole nitrogens is 1. The van der Waals surface area contributed by atoms with Crippen LogP contribution in [-0.2, 0) is 16.1 Å². The van der Waals surface area contributed by atoms with E-state index >= 15 is 0 Å². The van der Waals surface area contributed by atoms with E-state index in [-0.39, 0.29) is 29.2 Å². The first-order chi connectivity index (χ1) is 14.4.